The van der Waals surface area contributed by atoms with E-state index < -0.39 is 23.8 Å². The first-order valence-corrected chi connectivity index (χ1v) is 11.7. The van der Waals surface area contributed by atoms with E-state index in [0.29, 0.717) is 34.2 Å². The first kappa shape index (κ1) is 23.0. The maximum atomic E-state index is 12.3. The Hall–Kier alpha value is -3.81. The Labute approximate surface area is 207 Å². The minimum Gasteiger partial charge on any atom is -0.385 e. The Morgan fingerprint density at radius 1 is 0.943 bits per heavy atom. The lowest BCUT2D eigenvalue weighted by molar-refractivity contribution is -0.183. The van der Waals surface area contributed by atoms with Crippen molar-refractivity contribution < 1.29 is 14.8 Å². The van der Waals surface area contributed by atoms with Crippen molar-refractivity contribution in [1.82, 2.24) is 5.06 Å². The highest BCUT2D eigenvalue weighted by atomic mass is 35.5. The molecule has 1 fully saturated rings. The average molecular weight is 487 g/mol. The van der Waals surface area contributed by atoms with E-state index in [-0.39, 0.29) is 17.9 Å². The number of halogens is 1. The monoisotopic (exact) mass is 486 g/mol. The molecule has 8 heteroatoms. The van der Waals surface area contributed by atoms with Crippen molar-refractivity contribution in [2.24, 2.45) is 21.6 Å². The number of amides is 2. The topological polar surface area (TPSA) is 108 Å². The molecular weight excluding hydrogens is 464 g/mol. The molecule has 7 nitrogen and oxygen atoms in total. The van der Waals surface area contributed by atoms with Gasteiger partial charge in [0.05, 0.1) is 5.69 Å². The predicted octanol–water partition coefficient (Wildman–Crippen LogP) is 4.56. The number of carbonyl (C=O) groups excluding carboxylic acids is 2. The minimum atomic E-state index is -0.665. The molecule has 0 spiro atoms. The summed E-state index contributed by atoms with van der Waals surface area (Å²) in [4.78, 5) is 34.2. The summed E-state index contributed by atoms with van der Waals surface area (Å²) in [6, 6.07) is 22.8. The van der Waals surface area contributed by atoms with Gasteiger partial charge in [0.25, 0.3) is 11.8 Å². The minimum absolute atomic E-state index is 0.0553. The number of aliphatic imine (C=N–C) groups is 2. The molecule has 0 radical (unpaired) electrons. The summed E-state index contributed by atoms with van der Waals surface area (Å²) in [5, 5.41) is 10.4. The zero-order chi connectivity index (χ0) is 24.5. The molecule has 0 bridgehead atoms. The number of fused-ring (bicyclic) bond motifs is 1. The SMILES string of the molecule is NC1=Nc2ccc(Cl)cc2C(C2CC(=O)N(O)C(=O)C2)=NC1Cc1ccccc1-c1ccccc1. The standard InChI is InChI=1S/C27H23ClN4O3/c28-19-10-11-22-21(15-19)26(18-13-24(33)32(35)25(34)14-18)30-23(27(29)31-22)12-17-8-4-5-9-20(17)16-6-2-1-3-7-16/h1-11,15,18,23,35H,12-14H2,(H2,29,31). The van der Waals surface area contributed by atoms with Gasteiger partial charge in [0.2, 0.25) is 0 Å². The van der Waals surface area contributed by atoms with Gasteiger partial charge in [0.15, 0.2) is 0 Å². The molecule has 2 heterocycles. The molecular formula is C27H23ClN4O3. The van der Waals surface area contributed by atoms with Crippen LogP contribution in [0.25, 0.3) is 11.1 Å². The Kier molecular flexibility index (Phi) is 6.19. The third-order valence-corrected chi connectivity index (χ3v) is 6.57. The van der Waals surface area contributed by atoms with Crippen molar-refractivity contribution in [3.8, 4) is 11.1 Å². The number of nitrogens with two attached hydrogens (primary N) is 1. The molecule has 0 saturated carbocycles. The Bertz CT molecular complexity index is 1350. The number of rotatable bonds is 4. The van der Waals surface area contributed by atoms with Crippen molar-refractivity contribution in [3.63, 3.8) is 0 Å². The van der Waals surface area contributed by atoms with Gasteiger partial charge in [-0.1, -0.05) is 66.2 Å². The molecule has 35 heavy (non-hydrogen) atoms. The molecule has 1 atom stereocenters. The maximum absolute atomic E-state index is 12.3. The smallest absolute Gasteiger partial charge is 0.253 e. The summed E-state index contributed by atoms with van der Waals surface area (Å²) in [7, 11) is 0. The van der Waals surface area contributed by atoms with Crippen molar-refractivity contribution in [2.75, 3.05) is 0 Å². The van der Waals surface area contributed by atoms with E-state index in [1.165, 1.54) is 0 Å². The van der Waals surface area contributed by atoms with Crippen LogP contribution in [-0.4, -0.2) is 39.7 Å². The second kappa shape index (κ2) is 9.44. The largest absolute Gasteiger partial charge is 0.385 e. The number of hydroxylamine groups is 2. The molecule has 0 aliphatic carbocycles. The Balaban J connectivity index is 1.59. The highest BCUT2D eigenvalue weighted by Crippen LogP contribution is 2.34. The second-order valence-corrected chi connectivity index (χ2v) is 9.10. The Morgan fingerprint density at radius 3 is 2.37 bits per heavy atom. The van der Waals surface area contributed by atoms with Crippen molar-refractivity contribution >= 4 is 40.6 Å². The van der Waals surface area contributed by atoms with E-state index in [1.807, 2.05) is 36.4 Å². The molecule has 2 amide bonds. The van der Waals surface area contributed by atoms with E-state index in [9.17, 15) is 14.8 Å². The molecule has 1 unspecified atom stereocenters. The van der Waals surface area contributed by atoms with E-state index in [0.717, 1.165) is 16.7 Å². The van der Waals surface area contributed by atoms with Gasteiger partial charge in [-0.15, -0.1) is 0 Å². The van der Waals surface area contributed by atoms with Crippen LogP contribution in [0.4, 0.5) is 5.69 Å². The number of carbonyl (C=O) groups is 2. The fourth-order valence-corrected chi connectivity index (χ4v) is 4.78. The lowest BCUT2D eigenvalue weighted by Gasteiger charge is -2.27. The third-order valence-electron chi connectivity index (χ3n) is 6.34. The van der Waals surface area contributed by atoms with Crippen LogP contribution in [0.5, 0.6) is 0 Å². The van der Waals surface area contributed by atoms with Crippen LogP contribution < -0.4 is 5.73 Å². The number of hydrogen-bond acceptors (Lipinski definition) is 6. The van der Waals surface area contributed by atoms with Crippen LogP contribution >= 0.6 is 11.6 Å². The van der Waals surface area contributed by atoms with Gasteiger partial charge in [-0.2, -0.15) is 5.06 Å². The third kappa shape index (κ3) is 4.60. The van der Waals surface area contributed by atoms with Crippen molar-refractivity contribution in [2.45, 2.75) is 25.3 Å². The fourth-order valence-electron chi connectivity index (χ4n) is 4.61. The molecule has 2 aliphatic rings. The molecule has 0 aromatic heterocycles. The van der Waals surface area contributed by atoms with Crippen LogP contribution in [0, 0.1) is 5.92 Å². The fraction of sp³-hybridized carbons (Fsp3) is 0.185. The van der Waals surface area contributed by atoms with Crippen LogP contribution in [0.3, 0.4) is 0 Å². The molecule has 2 aliphatic heterocycles. The van der Waals surface area contributed by atoms with Gasteiger partial charge in [0, 0.05) is 41.5 Å². The van der Waals surface area contributed by atoms with Crippen LogP contribution in [0.1, 0.15) is 24.0 Å². The summed E-state index contributed by atoms with van der Waals surface area (Å²) < 4.78 is 0. The number of imide groups is 1. The lowest BCUT2D eigenvalue weighted by atomic mass is 9.87. The predicted molar refractivity (Wildman–Crippen MR) is 135 cm³/mol. The van der Waals surface area contributed by atoms with E-state index in [1.54, 1.807) is 18.2 Å². The summed E-state index contributed by atoms with van der Waals surface area (Å²) in [6.07, 6.45) is 0.368. The quantitative estimate of drug-likeness (QED) is 0.416. The van der Waals surface area contributed by atoms with Gasteiger partial charge < -0.3 is 5.73 Å². The van der Waals surface area contributed by atoms with Gasteiger partial charge in [0.1, 0.15) is 11.9 Å². The second-order valence-electron chi connectivity index (χ2n) is 8.66. The van der Waals surface area contributed by atoms with Crippen LogP contribution in [0.15, 0.2) is 82.8 Å². The first-order valence-electron chi connectivity index (χ1n) is 11.3. The molecule has 176 valence electrons. The summed E-state index contributed by atoms with van der Waals surface area (Å²) >= 11 is 6.29. The summed E-state index contributed by atoms with van der Waals surface area (Å²) in [5.41, 5.74) is 11.4. The zero-order valence-electron chi connectivity index (χ0n) is 18.8. The molecule has 3 aromatic carbocycles. The summed E-state index contributed by atoms with van der Waals surface area (Å²) in [5.74, 6) is -1.52. The van der Waals surface area contributed by atoms with E-state index in [2.05, 4.69) is 23.2 Å². The van der Waals surface area contributed by atoms with Gasteiger partial charge in [-0.05, 0) is 34.9 Å². The maximum Gasteiger partial charge on any atom is 0.253 e. The number of benzene rings is 3. The normalized spacial score (nSPS) is 18.6. The molecule has 1 saturated heterocycles. The highest BCUT2D eigenvalue weighted by Gasteiger charge is 2.37. The van der Waals surface area contributed by atoms with Gasteiger partial charge in [-0.25, -0.2) is 4.99 Å². The van der Waals surface area contributed by atoms with Crippen molar-refractivity contribution in [1.29, 1.82) is 0 Å². The van der Waals surface area contributed by atoms with Gasteiger partial charge in [-0.3, -0.25) is 19.8 Å². The lowest BCUT2D eigenvalue weighted by Crippen LogP contribution is -2.43. The van der Waals surface area contributed by atoms with Crippen LogP contribution in [0.2, 0.25) is 5.02 Å². The highest BCUT2D eigenvalue weighted by molar-refractivity contribution is 6.31. The number of nitrogens with zero attached hydrogens (tertiary/aromatic N) is 3. The van der Waals surface area contributed by atoms with E-state index >= 15 is 0 Å². The van der Waals surface area contributed by atoms with Crippen molar-refractivity contribution in [3.05, 3.63) is 88.9 Å². The number of hydrogen-bond donors (Lipinski definition) is 2. The molecule has 3 N–H and O–H groups in total. The van der Waals surface area contributed by atoms with Gasteiger partial charge >= 0.3 is 0 Å². The number of amidine groups is 1. The average Bonchev–Trinajstić information content (AvgIpc) is 2.99. The first-order chi connectivity index (χ1) is 16.9. The zero-order valence-corrected chi connectivity index (χ0v) is 19.5. The molecule has 3 aromatic rings. The summed E-state index contributed by atoms with van der Waals surface area (Å²) in [6.45, 7) is 0. The van der Waals surface area contributed by atoms with Crippen LogP contribution in [-0.2, 0) is 16.0 Å². The number of piperidine rings is 1. The Morgan fingerprint density at radius 2 is 1.63 bits per heavy atom. The molecule has 5 rings (SSSR count). The van der Waals surface area contributed by atoms with E-state index in [4.69, 9.17) is 22.3 Å².